The van der Waals surface area contributed by atoms with Gasteiger partial charge in [-0.05, 0) is 76.3 Å². The van der Waals surface area contributed by atoms with Crippen molar-refractivity contribution in [3.63, 3.8) is 0 Å². The lowest BCUT2D eigenvalue weighted by Gasteiger charge is -2.36. The Bertz CT molecular complexity index is 790. The first-order valence-corrected chi connectivity index (χ1v) is 12.0. The number of carbonyl (C=O) groups excluding carboxylic acids is 1. The van der Waals surface area contributed by atoms with Gasteiger partial charge in [0.1, 0.15) is 5.82 Å². The Morgan fingerprint density at radius 1 is 1.14 bits per heavy atom. The molecular weight excluding hydrogens is 393 g/mol. The van der Waals surface area contributed by atoms with Gasteiger partial charge in [-0.15, -0.1) is 0 Å². The van der Waals surface area contributed by atoms with Gasteiger partial charge in [-0.2, -0.15) is 4.31 Å². The van der Waals surface area contributed by atoms with Gasteiger partial charge in [0.2, 0.25) is 15.9 Å². The van der Waals surface area contributed by atoms with Crippen LogP contribution in [-0.4, -0.2) is 62.3 Å². The molecular formula is C21H32FN3O3S. The predicted octanol–water partition coefficient (Wildman–Crippen LogP) is 2.46. The van der Waals surface area contributed by atoms with E-state index in [2.05, 4.69) is 24.1 Å². The van der Waals surface area contributed by atoms with E-state index in [1.54, 1.807) is 0 Å². The minimum absolute atomic E-state index is 0.0329. The summed E-state index contributed by atoms with van der Waals surface area (Å²) in [4.78, 5) is 15.1. The minimum Gasteiger partial charge on any atom is -0.356 e. The molecule has 29 heavy (non-hydrogen) atoms. The highest BCUT2D eigenvalue weighted by molar-refractivity contribution is 7.89. The van der Waals surface area contributed by atoms with E-state index in [0.29, 0.717) is 44.4 Å². The fourth-order valence-corrected chi connectivity index (χ4v) is 5.71. The molecule has 2 saturated heterocycles. The van der Waals surface area contributed by atoms with Crippen molar-refractivity contribution in [2.24, 2.45) is 11.8 Å². The first kappa shape index (κ1) is 22.2. The Morgan fingerprint density at radius 3 is 2.41 bits per heavy atom. The molecule has 3 rings (SSSR count). The van der Waals surface area contributed by atoms with Crippen LogP contribution in [0.3, 0.4) is 0 Å². The van der Waals surface area contributed by atoms with Crippen LogP contribution in [0.15, 0.2) is 29.2 Å². The molecule has 8 heteroatoms. The molecule has 162 valence electrons. The highest BCUT2D eigenvalue weighted by Gasteiger charge is 2.32. The second kappa shape index (κ2) is 9.53. The first-order chi connectivity index (χ1) is 13.8. The molecule has 2 heterocycles. The maximum atomic E-state index is 13.1. The molecule has 1 unspecified atom stereocenters. The topological polar surface area (TPSA) is 69.7 Å². The van der Waals surface area contributed by atoms with Gasteiger partial charge in [-0.1, -0.05) is 0 Å². The zero-order valence-corrected chi connectivity index (χ0v) is 18.1. The molecule has 0 aromatic heterocycles. The number of piperidine rings is 2. The number of nitrogens with one attached hydrogen (secondary N) is 1. The van der Waals surface area contributed by atoms with Gasteiger partial charge in [0.05, 0.1) is 4.90 Å². The predicted molar refractivity (Wildman–Crippen MR) is 110 cm³/mol. The fourth-order valence-electron chi connectivity index (χ4n) is 4.24. The standard InChI is InChI=1S/C21H32FN3O3S/c1-16(2)24-11-3-4-17(15-24)14-23-21(26)18-9-12-25(13-10-18)29(27,28)20-7-5-19(22)6-8-20/h5-8,16-18H,3-4,9-15H2,1-2H3,(H,23,26). The van der Waals surface area contributed by atoms with Crippen LogP contribution in [0.2, 0.25) is 0 Å². The maximum Gasteiger partial charge on any atom is 0.243 e. The van der Waals surface area contributed by atoms with Crippen molar-refractivity contribution in [3.05, 3.63) is 30.1 Å². The van der Waals surface area contributed by atoms with Crippen LogP contribution in [-0.2, 0) is 14.8 Å². The minimum atomic E-state index is -3.64. The molecule has 0 radical (unpaired) electrons. The second-order valence-electron chi connectivity index (χ2n) is 8.47. The van der Waals surface area contributed by atoms with E-state index in [9.17, 15) is 17.6 Å². The molecule has 1 N–H and O–H groups in total. The number of amides is 1. The summed E-state index contributed by atoms with van der Waals surface area (Å²) in [6.07, 6.45) is 3.32. The number of benzene rings is 1. The summed E-state index contributed by atoms with van der Waals surface area (Å²) in [6, 6.07) is 5.40. The molecule has 1 aromatic carbocycles. The highest BCUT2D eigenvalue weighted by Crippen LogP contribution is 2.24. The number of sulfonamides is 1. The molecule has 1 aromatic rings. The summed E-state index contributed by atoms with van der Waals surface area (Å²) in [5.74, 6) is -0.104. The van der Waals surface area contributed by atoms with Crippen molar-refractivity contribution in [2.75, 3.05) is 32.7 Å². The average molecular weight is 426 g/mol. The Balaban J connectivity index is 1.47. The smallest absolute Gasteiger partial charge is 0.243 e. The van der Waals surface area contributed by atoms with E-state index in [0.717, 1.165) is 31.6 Å². The quantitative estimate of drug-likeness (QED) is 0.760. The summed E-state index contributed by atoms with van der Waals surface area (Å²) in [5.41, 5.74) is 0. The van der Waals surface area contributed by atoms with Gasteiger partial charge in [0.15, 0.2) is 0 Å². The van der Waals surface area contributed by atoms with Gasteiger partial charge in [0.25, 0.3) is 0 Å². The molecule has 1 amide bonds. The maximum absolute atomic E-state index is 13.1. The Kier molecular flexibility index (Phi) is 7.29. The normalized spacial score (nSPS) is 22.7. The van der Waals surface area contributed by atoms with Crippen LogP contribution in [0.25, 0.3) is 0 Å². The van der Waals surface area contributed by atoms with Crippen LogP contribution in [0, 0.1) is 17.7 Å². The van der Waals surface area contributed by atoms with Crippen molar-refractivity contribution in [1.29, 1.82) is 0 Å². The van der Waals surface area contributed by atoms with Gasteiger partial charge < -0.3 is 10.2 Å². The fraction of sp³-hybridized carbons (Fsp3) is 0.667. The Labute approximate surface area is 173 Å². The summed E-state index contributed by atoms with van der Waals surface area (Å²) in [5, 5.41) is 3.10. The lowest BCUT2D eigenvalue weighted by atomic mass is 9.95. The van der Waals surface area contributed by atoms with Crippen LogP contribution < -0.4 is 5.32 Å². The number of halogens is 1. The second-order valence-corrected chi connectivity index (χ2v) is 10.4. The van der Waals surface area contributed by atoms with E-state index in [4.69, 9.17) is 0 Å². The lowest BCUT2D eigenvalue weighted by molar-refractivity contribution is -0.126. The van der Waals surface area contributed by atoms with Crippen LogP contribution >= 0.6 is 0 Å². The molecule has 2 fully saturated rings. The SMILES string of the molecule is CC(C)N1CCCC(CNC(=O)C2CCN(S(=O)(=O)c3ccc(F)cc3)CC2)C1. The molecule has 1 atom stereocenters. The largest absolute Gasteiger partial charge is 0.356 e. The van der Waals surface area contributed by atoms with E-state index in [1.807, 2.05) is 0 Å². The van der Waals surface area contributed by atoms with E-state index in [-0.39, 0.29) is 16.7 Å². The number of rotatable bonds is 6. The number of likely N-dealkylation sites (tertiary alicyclic amines) is 1. The van der Waals surface area contributed by atoms with Crippen molar-refractivity contribution in [3.8, 4) is 0 Å². The zero-order chi connectivity index (χ0) is 21.0. The van der Waals surface area contributed by atoms with Gasteiger partial charge in [0, 0.05) is 38.1 Å². The Hall–Kier alpha value is -1.51. The molecule has 2 aliphatic rings. The molecule has 0 spiro atoms. The molecule has 2 aliphatic heterocycles. The van der Waals surface area contributed by atoms with Crippen LogP contribution in [0.4, 0.5) is 4.39 Å². The first-order valence-electron chi connectivity index (χ1n) is 10.5. The average Bonchev–Trinajstić information content (AvgIpc) is 2.72. The third-order valence-electron chi connectivity index (χ3n) is 6.12. The third kappa shape index (κ3) is 5.55. The van der Waals surface area contributed by atoms with Crippen LogP contribution in [0.1, 0.15) is 39.5 Å². The number of hydrogen-bond acceptors (Lipinski definition) is 4. The van der Waals surface area contributed by atoms with Gasteiger partial charge in [-0.25, -0.2) is 12.8 Å². The summed E-state index contributed by atoms with van der Waals surface area (Å²) >= 11 is 0. The highest BCUT2D eigenvalue weighted by atomic mass is 32.2. The van der Waals surface area contributed by atoms with Crippen molar-refractivity contribution >= 4 is 15.9 Å². The monoisotopic (exact) mass is 425 g/mol. The van der Waals surface area contributed by atoms with Gasteiger partial charge in [-0.3, -0.25) is 4.79 Å². The number of hydrogen-bond donors (Lipinski definition) is 1. The molecule has 0 bridgehead atoms. The van der Waals surface area contributed by atoms with Crippen LogP contribution in [0.5, 0.6) is 0 Å². The zero-order valence-electron chi connectivity index (χ0n) is 17.3. The Morgan fingerprint density at radius 2 is 1.79 bits per heavy atom. The summed E-state index contributed by atoms with van der Waals surface area (Å²) in [6.45, 7) is 7.86. The lowest BCUT2D eigenvalue weighted by Crippen LogP contribution is -2.46. The number of nitrogens with zero attached hydrogens (tertiary/aromatic N) is 2. The van der Waals surface area contributed by atoms with Gasteiger partial charge >= 0.3 is 0 Å². The van der Waals surface area contributed by atoms with E-state index >= 15 is 0 Å². The van der Waals surface area contributed by atoms with Crippen molar-refractivity contribution in [1.82, 2.24) is 14.5 Å². The third-order valence-corrected chi connectivity index (χ3v) is 8.03. The van der Waals surface area contributed by atoms with Crippen molar-refractivity contribution in [2.45, 2.75) is 50.5 Å². The molecule has 0 aliphatic carbocycles. The van der Waals surface area contributed by atoms with E-state index < -0.39 is 15.8 Å². The summed E-state index contributed by atoms with van der Waals surface area (Å²) in [7, 11) is -3.64. The molecule has 0 saturated carbocycles. The molecule has 6 nitrogen and oxygen atoms in total. The summed E-state index contributed by atoms with van der Waals surface area (Å²) < 4.78 is 39.8. The number of carbonyl (C=O) groups is 1. The van der Waals surface area contributed by atoms with Crippen molar-refractivity contribution < 1.29 is 17.6 Å². The van der Waals surface area contributed by atoms with E-state index in [1.165, 1.54) is 22.9 Å².